The molecule has 1 aromatic carbocycles. The average Bonchev–Trinajstić information content (AvgIpc) is 3.42. The first-order chi connectivity index (χ1) is 12.3. The van der Waals surface area contributed by atoms with Gasteiger partial charge in [0.2, 0.25) is 0 Å². The summed E-state index contributed by atoms with van der Waals surface area (Å²) in [6.45, 7) is 0.00387. The minimum absolute atomic E-state index is 0.00387. The first kappa shape index (κ1) is 18.5. The highest BCUT2D eigenvalue weighted by Gasteiger charge is 2.39. The Labute approximate surface area is 151 Å². The number of carboxylic acid groups (broad SMARTS) is 1. The van der Waals surface area contributed by atoms with Crippen molar-refractivity contribution in [2.45, 2.75) is 43.0 Å². The number of para-hydroxylation sites is 1. The fourth-order valence-electron chi connectivity index (χ4n) is 3.25. The van der Waals surface area contributed by atoms with Crippen LogP contribution in [0.2, 0.25) is 0 Å². The number of sulfonamides is 1. The van der Waals surface area contributed by atoms with E-state index in [2.05, 4.69) is 0 Å². The lowest BCUT2D eigenvalue weighted by atomic mass is 10.0. The van der Waals surface area contributed by atoms with Gasteiger partial charge in [-0.05, 0) is 44.1 Å². The highest BCUT2D eigenvalue weighted by Crippen LogP contribution is 2.38. The van der Waals surface area contributed by atoms with Crippen molar-refractivity contribution in [2.75, 3.05) is 6.54 Å². The molecule has 0 radical (unpaired) electrons. The third kappa shape index (κ3) is 3.78. The minimum Gasteiger partial charge on any atom is -0.480 e. The van der Waals surface area contributed by atoms with Crippen LogP contribution in [-0.4, -0.2) is 41.3 Å². The van der Waals surface area contributed by atoms with Crippen LogP contribution in [0.1, 0.15) is 32.1 Å². The number of rotatable bonds is 6. The van der Waals surface area contributed by atoms with E-state index < -0.39 is 37.5 Å². The first-order valence-electron chi connectivity index (χ1n) is 8.46. The van der Waals surface area contributed by atoms with Crippen LogP contribution in [0.3, 0.4) is 0 Å². The Morgan fingerprint density at radius 2 is 2.00 bits per heavy atom. The monoisotopic (exact) mass is 380 g/mol. The lowest BCUT2D eigenvalue weighted by Gasteiger charge is -2.25. The molecule has 3 rings (SSSR count). The molecule has 1 aromatic rings. The van der Waals surface area contributed by atoms with Crippen molar-refractivity contribution in [3.8, 4) is 0 Å². The topological polar surface area (TPSA) is 118 Å². The molecule has 0 aromatic heterocycles. The molecule has 1 saturated carbocycles. The lowest BCUT2D eigenvalue weighted by Crippen LogP contribution is -2.44. The fourth-order valence-corrected chi connectivity index (χ4v) is 5.00. The number of carbonyl (C=O) groups is 1. The lowest BCUT2D eigenvalue weighted by molar-refractivity contribution is -0.387. The Morgan fingerprint density at radius 1 is 1.31 bits per heavy atom. The van der Waals surface area contributed by atoms with E-state index in [0.717, 1.165) is 41.3 Å². The third-order valence-electron chi connectivity index (χ3n) is 4.81. The molecule has 1 N–H and O–H groups in total. The summed E-state index contributed by atoms with van der Waals surface area (Å²) in [5, 5.41) is 20.7. The van der Waals surface area contributed by atoms with E-state index in [9.17, 15) is 28.4 Å². The zero-order valence-corrected chi connectivity index (χ0v) is 14.9. The van der Waals surface area contributed by atoms with E-state index in [0.29, 0.717) is 12.3 Å². The molecule has 1 heterocycles. The molecule has 0 saturated heterocycles. The smallest absolute Gasteiger partial charge is 0.322 e. The van der Waals surface area contributed by atoms with Gasteiger partial charge < -0.3 is 5.11 Å². The molecule has 0 amide bonds. The zero-order valence-electron chi connectivity index (χ0n) is 14.1. The second-order valence-electron chi connectivity index (χ2n) is 6.69. The molecule has 1 aliphatic heterocycles. The Kier molecular flexibility index (Phi) is 5.10. The number of carboxylic acids is 1. The van der Waals surface area contributed by atoms with Crippen LogP contribution in [-0.2, 0) is 14.8 Å². The third-order valence-corrected chi connectivity index (χ3v) is 6.77. The van der Waals surface area contributed by atoms with E-state index in [1.807, 2.05) is 6.08 Å². The number of hydrogen-bond acceptors (Lipinski definition) is 5. The van der Waals surface area contributed by atoms with Gasteiger partial charge in [-0.25, -0.2) is 8.42 Å². The summed E-state index contributed by atoms with van der Waals surface area (Å²) < 4.78 is 27.0. The Bertz CT molecular complexity index is 860. The van der Waals surface area contributed by atoms with Crippen molar-refractivity contribution in [3.63, 3.8) is 0 Å². The predicted octanol–water partition coefficient (Wildman–Crippen LogP) is 2.56. The summed E-state index contributed by atoms with van der Waals surface area (Å²) in [5.74, 6) is -0.640. The van der Waals surface area contributed by atoms with Crippen molar-refractivity contribution >= 4 is 21.7 Å². The quantitative estimate of drug-likeness (QED) is 0.460. The van der Waals surface area contributed by atoms with E-state index in [4.69, 9.17) is 0 Å². The highest BCUT2D eigenvalue weighted by atomic mass is 32.2. The summed E-state index contributed by atoms with van der Waals surface area (Å²) in [6.07, 6.45) is 5.50. The van der Waals surface area contributed by atoms with Crippen molar-refractivity contribution < 1.29 is 23.2 Å². The maximum Gasteiger partial charge on any atom is 0.322 e. The molecule has 9 heteroatoms. The molecule has 1 unspecified atom stereocenters. The molecule has 0 bridgehead atoms. The van der Waals surface area contributed by atoms with Crippen molar-refractivity contribution in [2.24, 2.45) is 5.92 Å². The SMILES string of the molecule is O=C(O)C1CC=C(CC2CC2)CCN1S(=O)(=O)c1ccccc1[N+](=O)[O-]. The second-order valence-corrected chi connectivity index (χ2v) is 8.55. The van der Waals surface area contributed by atoms with Crippen molar-refractivity contribution in [3.05, 3.63) is 46.0 Å². The van der Waals surface area contributed by atoms with Gasteiger partial charge in [0.05, 0.1) is 4.92 Å². The Morgan fingerprint density at radius 3 is 2.62 bits per heavy atom. The number of nitro groups is 1. The second kappa shape index (κ2) is 7.16. The van der Waals surface area contributed by atoms with Gasteiger partial charge in [0.15, 0.2) is 4.90 Å². The summed E-state index contributed by atoms with van der Waals surface area (Å²) in [6, 6.07) is 3.76. The summed E-state index contributed by atoms with van der Waals surface area (Å²) in [4.78, 5) is 21.7. The number of nitro benzene ring substituents is 1. The van der Waals surface area contributed by atoms with Crippen LogP contribution in [0, 0.1) is 16.0 Å². The fraction of sp³-hybridized carbons (Fsp3) is 0.471. The van der Waals surface area contributed by atoms with Crippen LogP contribution in [0.15, 0.2) is 40.8 Å². The standard InChI is InChI=1S/C17H20N2O6S/c20-17(21)15-8-7-13(11-12-5-6-12)9-10-18(15)26(24,25)16-4-2-1-3-14(16)19(22)23/h1-4,7,12,15H,5-6,8-11H2,(H,20,21). The van der Waals surface area contributed by atoms with E-state index in [1.54, 1.807) is 0 Å². The molecule has 2 aliphatic rings. The molecule has 26 heavy (non-hydrogen) atoms. The van der Waals surface area contributed by atoms with Gasteiger partial charge in [-0.15, -0.1) is 0 Å². The van der Waals surface area contributed by atoms with Crippen LogP contribution in [0.5, 0.6) is 0 Å². The summed E-state index contributed by atoms with van der Waals surface area (Å²) >= 11 is 0. The van der Waals surface area contributed by atoms with Gasteiger partial charge in [-0.3, -0.25) is 14.9 Å². The van der Waals surface area contributed by atoms with Gasteiger partial charge in [-0.2, -0.15) is 4.31 Å². The molecule has 1 fully saturated rings. The number of aliphatic carboxylic acids is 1. The maximum absolute atomic E-state index is 13.1. The van der Waals surface area contributed by atoms with E-state index in [1.165, 1.54) is 12.1 Å². The van der Waals surface area contributed by atoms with Crippen LogP contribution < -0.4 is 0 Å². The van der Waals surface area contributed by atoms with Gasteiger partial charge in [-0.1, -0.05) is 23.8 Å². The van der Waals surface area contributed by atoms with E-state index in [-0.39, 0.29) is 13.0 Å². The average molecular weight is 380 g/mol. The zero-order chi connectivity index (χ0) is 18.9. The Balaban J connectivity index is 1.95. The predicted molar refractivity (Wildman–Crippen MR) is 93.1 cm³/mol. The molecule has 0 spiro atoms. The normalized spacial score (nSPS) is 21.7. The molecule has 140 valence electrons. The Hall–Kier alpha value is -2.26. The van der Waals surface area contributed by atoms with Gasteiger partial charge in [0.1, 0.15) is 6.04 Å². The van der Waals surface area contributed by atoms with E-state index >= 15 is 0 Å². The summed E-state index contributed by atoms with van der Waals surface area (Å²) in [7, 11) is -4.31. The number of benzene rings is 1. The molecule has 1 atom stereocenters. The van der Waals surface area contributed by atoms with Crippen LogP contribution >= 0.6 is 0 Å². The minimum atomic E-state index is -4.31. The number of hydrogen-bond donors (Lipinski definition) is 1. The van der Waals surface area contributed by atoms with Crippen LogP contribution in [0.25, 0.3) is 0 Å². The molecule has 8 nitrogen and oxygen atoms in total. The maximum atomic E-state index is 13.1. The van der Waals surface area contributed by atoms with Gasteiger partial charge in [0, 0.05) is 12.6 Å². The molecular weight excluding hydrogens is 360 g/mol. The van der Waals surface area contributed by atoms with Gasteiger partial charge in [0.25, 0.3) is 15.7 Å². The molecular formula is C17H20N2O6S. The molecule has 1 aliphatic carbocycles. The first-order valence-corrected chi connectivity index (χ1v) is 9.90. The van der Waals surface area contributed by atoms with Crippen molar-refractivity contribution in [1.82, 2.24) is 4.31 Å². The highest BCUT2D eigenvalue weighted by molar-refractivity contribution is 7.89. The van der Waals surface area contributed by atoms with Crippen molar-refractivity contribution in [1.29, 1.82) is 0 Å². The summed E-state index contributed by atoms with van der Waals surface area (Å²) in [5.41, 5.74) is 0.520. The largest absolute Gasteiger partial charge is 0.480 e. The van der Waals surface area contributed by atoms with Gasteiger partial charge >= 0.3 is 5.97 Å². The number of nitrogens with zero attached hydrogens (tertiary/aromatic N) is 2. The van der Waals surface area contributed by atoms with Crippen LogP contribution in [0.4, 0.5) is 5.69 Å².